The van der Waals surface area contributed by atoms with Gasteiger partial charge in [-0.1, -0.05) is 31.2 Å². The zero-order valence-corrected chi connectivity index (χ0v) is 12.4. The maximum atomic E-state index is 12.5. The number of benzene rings is 1. The van der Waals surface area contributed by atoms with Crippen molar-refractivity contribution in [2.45, 2.75) is 50.9 Å². The Morgan fingerprint density at radius 1 is 1.19 bits per heavy atom. The van der Waals surface area contributed by atoms with Gasteiger partial charge in [0.05, 0.1) is 0 Å². The summed E-state index contributed by atoms with van der Waals surface area (Å²) in [5.41, 5.74) is 2.05. The van der Waals surface area contributed by atoms with Crippen molar-refractivity contribution in [3.05, 3.63) is 35.4 Å². The third-order valence-corrected chi connectivity index (χ3v) is 4.95. The van der Waals surface area contributed by atoms with Crippen molar-refractivity contribution in [3.63, 3.8) is 0 Å². The molecule has 1 aromatic carbocycles. The summed E-state index contributed by atoms with van der Waals surface area (Å²) in [7, 11) is 0. The Morgan fingerprint density at radius 3 is 2.52 bits per heavy atom. The Bertz CT molecular complexity index is 597. The molecule has 3 rings (SSSR count). The van der Waals surface area contributed by atoms with Gasteiger partial charge < -0.3 is 0 Å². The van der Waals surface area contributed by atoms with Crippen LogP contribution in [0.15, 0.2) is 24.3 Å². The normalized spacial score (nSPS) is 28.0. The SMILES string of the molecule is CCCC(=O)C1C(=O)CC2(CCc3ccccc32)CC1=O. The maximum absolute atomic E-state index is 12.5. The van der Waals surface area contributed by atoms with Crippen molar-refractivity contribution in [2.24, 2.45) is 5.92 Å². The molecule has 1 spiro atoms. The molecule has 21 heavy (non-hydrogen) atoms. The number of carbonyl (C=O) groups excluding carboxylic acids is 3. The van der Waals surface area contributed by atoms with E-state index in [2.05, 4.69) is 6.07 Å². The van der Waals surface area contributed by atoms with Crippen molar-refractivity contribution < 1.29 is 14.4 Å². The average molecular weight is 284 g/mol. The van der Waals surface area contributed by atoms with Crippen LogP contribution < -0.4 is 0 Å². The molecule has 0 radical (unpaired) electrons. The summed E-state index contributed by atoms with van der Waals surface area (Å²) in [5.74, 6) is -1.50. The fourth-order valence-electron chi connectivity index (χ4n) is 3.99. The first-order chi connectivity index (χ1) is 10.1. The molecule has 0 atom stereocenters. The van der Waals surface area contributed by atoms with Crippen molar-refractivity contribution in [1.29, 1.82) is 0 Å². The highest BCUT2D eigenvalue weighted by Crippen LogP contribution is 2.47. The minimum Gasteiger partial charge on any atom is -0.298 e. The molecule has 3 heteroatoms. The van der Waals surface area contributed by atoms with Gasteiger partial charge in [0.15, 0.2) is 17.3 Å². The van der Waals surface area contributed by atoms with E-state index in [-0.39, 0.29) is 22.8 Å². The zero-order chi connectivity index (χ0) is 15.0. The van der Waals surface area contributed by atoms with E-state index in [0.717, 1.165) is 18.4 Å². The van der Waals surface area contributed by atoms with Crippen molar-refractivity contribution in [3.8, 4) is 0 Å². The van der Waals surface area contributed by atoms with Crippen LogP contribution in [0.1, 0.15) is 50.2 Å². The smallest absolute Gasteiger partial charge is 0.151 e. The van der Waals surface area contributed by atoms with E-state index in [1.54, 1.807) is 0 Å². The van der Waals surface area contributed by atoms with Crippen molar-refractivity contribution >= 4 is 17.3 Å². The van der Waals surface area contributed by atoms with Gasteiger partial charge in [-0.05, 0) is 30.4 Å². The lowest BCUT2D eigenvalue weighted by Gasteiger charge is -2.35. The van der Waals surface area contributed by atoms with Crippen LogP contribution in [0.4, 0.5) is 0 Å². The van der Waals surface area contributed by atoms with Crippen molar-refractivity contribution in [2.75, 3.05) is 0 Å². The van der Waals surface area contributed by atoms with Gasteiger partial charge in [0.1, 0.15) is 5.92 Å². The second kappa shape index (κ2) is 5.21. The Balaban J connectivity index is 1.90. The molecule has 0 unspecified atom stereocenters. The Kier molecular flexibility index (Phi) is 3.52. The summed E-state index contributed by atoms with van der Waals surface area (Å²) < 4.78 is 0. The molecular formula is C18H20O3. The van der Waals surface area contributed by atoms with Crippen molar-refractivity contribution in [1.82, 2.24) is 0 Å². The van der Waals surface area contributed by atoms with Gasteiger partial charge >= 0.3 is 0 Å². The number of aryl methyl sites for hydroxylation is 1. The second-order valence-corrected chi connectivity index (χ2v) is 6.37. The second-order valence-electron chi connectivity index (χ2n) is 6.37. The summed E-state index contributed by atoms with van der Waals surface area (Å²) in [6, 6.07) is 8.08. The molecule has 3 nitrogen and oxygen atoms in total. The molecule has 0 bridgehead atoms. The van der Waals surface area contributed by atoms with Crippen LogP contribution in [0.25, 0.3) is 0 Å². The highest BCUT2D eigenvalue weighted by Gasteiger charge is 2.50. The van der Waals surface area contributed by atoms with E-state index in [1.165, 1.54) is 5.56 Å². The number of hydrogen-bond acceptors (Lipinski definition) is 3. The number of rotatable bonds is 3. The molecule has 1 saturated carbocycles. The van der Waals surface area contributed by atoms with Gasteiger partial charge in [0.25, 0.3) is 0 Å². The van der Waals surface area contributed by atoms with Crippen LogP contribution >= 0.6 is 0 Å². The molecule has 110 valence electrons. The predicted molar refractivity (Wildman–Crippen MR) is 79.1 cm³/mol. The van der Waals surface area contributed by atoms with Gasteiger partial charge in [-0.2, -0.15) is 0 Å². The molecule has 0 N–H and O–H groups in total. The third-order valence-electron chi connectivity index (χ3n) is 4.95. The number of carbonyl (C=O) groups is 3. The minimum atomic E-state index is -0.983. The maximum Gasteiger partial charge on any atom is 0.151 e. The molecule has 0 aromatic heterocycles. The standard InChI is InChI=1S/C18H20O3/c1-2-5-14(19)17-15(20)10-18(11-16(17)21)9-8-12-6-3-4-7-13(12)18/h3-4,6-7,17H,2,5,8-11H2,1H3. The molecule has 1 fully saturated rings. The van der Waals surface area contributed by atoms with E-state index in [0.29, 0.717) is 25.7 Å². The molecule has 0 amide bonds. The third kappa shape index (κ3) is 2.25. The van der Waals surface area contributed by atoms with Crippen LogP contribution in [0.2, 0.25) is 0 Å². The Morgan fingerprint density at radius 2 is 1.86 bits per heavy atom. The lowest BCUT2D eigenvalue weighted by Crippen LogP contribution is -2.45. The molecule has 1 aromatic rings. The number of fused-ring (bicyclic) bond motifs is 2. The predicted octanol–water partition coefficient (Wildman–Crippen LogP) is 2.79. The average Bonchev–Trinajstić information content (AvgIpc) is 2.77. The molecule has 0 aliphatic heterocycles. The van der Waals surface area contributed by atoms with E-state index in [4.69, 9.17) is 0 Å². The van der Waals surface area contributed by atoms with Gasteiger partial charge in [-0.15, -0.1) is 0 Å². The molecule has 0 heterocycles. The lowest BCUT2D eigenvalue weighted by atomic mass is 9.65. The summed E-state index contributed by atoms with van der Waals surface area (Å²) in [6.45, 7) is 1.89. The summed E-state index contributed by atoms with van der Waals surface area (Å²) in [4.78, 5) is 36.9. The van der Waals surface area contributed by atoms with Crippen LogP contribution in [0, 0.1) is 5.92 Å². The highest BCUT2D eigenvalue weighted by molar-refractivity contribution is 6.21. The van der Waals surface area contributed by atoms with Gasteiger partial charge in [-0.3, -0.25) is 14.4 Å². The summed E-state index contributed by atoms with van der Waals surface area (Å²) >= 11 is 0. The summed E-state index contributed by atoms with van der Waals surface area (Å²) in [5, 5.41) is 0. The molecule has 2 aliphatic carbocycles. The van der Waals surface area contributed by atoms with E-state index < -0.39 is 5.92 Å². The lowest BCUT2D eigenvalue weighted by molar-refractivity contribution is -0.144. The first-order valence-electron chi connectivity index (χ1n) is 7.74. The Hall–Kier alpha value is -1.77. The van der Waals surface area contributed by atoms with E-state index in [1.807, 2.05) is 25.1 Å². The number of ketones is 3. The van der Waals surface area contributed by atoms with Crippen LogP contribution in [0.5, 0.6) is 0 Å². The molecule has 0 saturated heterocycles. The van der Waals surface area contributed by atoms with Gasteiger partial charge in [0, 0.05) is 24.7 Å². The number of Topliss-reactive ketones (excluding diaryl/α,β-unsaturated/α-hetero) is 3. The first kappa shape index (κ1) is 14.2. The van der Waals surface area contributed by atoms with Crippen LogP contribution in [-0.4, -0.2) is 17.3 Å². The van der Waals surface area contributed by atoms with Gasteiger partial charge in [-0.25, -0.2) is 0 Å². The fraction of sp³-hybridized carbons (Fsp3) is 0.500. The minimum absolute atomic E-state index is 0.165. The first-order valence-corrected chi connectivity index (χ1v) is 7.74. The van der Waals surface area contributed by atoms with Crippen LogP contribution in [0.3, 0.4) is 0 Å². The Labute approximate surface area is 124 Å². The summed E-state index contributed by atoms with van der Waals surface area (Å²) in [6.07, 6.45) is 3.46. The zero-order valence-electron chi connectivity index (χ0n) is 12.4. The fourth-order valence-corrected chi connectivity index (χ4v) is 3.99. The van der Waals surface area contributed by atoms with Gasteiger partial charge in [0.2, 0.25) is 0 Å². The topological polar surface area (TPSA) is 51.2 Å². The molecule has 2 aliphatic rings. The quantitative estimate of drug-likeness (QED) is 0.802. The molecular weight excluding hydrogens is 264 g/mol. The van der Waals surface area contributed by atoms with E-state index in [9.17, 15) is 14.4 Å². The largest absolute Gasteiger partial charge is 0.298 e. The highest BCUT2D eigenvalue weighted by atomic mass is 16.2. The van der Waals surface area contributed by atoms with E-state index >= 15 is 0 Å². The monoisotopic (exact) mass is 284 g/mol. The van der Waals surface area contributed by atoms with Crippen LogP contribution in [-0.2, 0) is 26.2 Å². The number of hydrogen-bond donors (Lipinski definition) is 0.